The predicted molar refractivity (Wildman–Crippen MR) is 57.0 cm³/mol. The number of rotatable bonds is 3. The number of hydrogen-bond acceptors (Lipinski definition) is 2. The average Bonchev–Trinajstić information content (AvgIpc) is 2.26. The van der Waals surface area contributed by atoms with Crippen LogP contribution in [-0.4, -0.2) is 13.1 Å². The van der Waals surface area contributed by atoms with E-state index >= 15 is 0 Å². The topological polar surface area (TPSA) is 26.3 Å². The van der Waals surface area contributed by atoms with Crippen LogP contribution in [0, 0.1) is 0 Å². The Morgan fingerprint density at radius 1 is 1.40 bits per heavy atom. The monoisotopic (exact) mass is 208 g/mol. The predicted octanol–water partition coefficient (Wildman–Crippen LogP) is 2.90. The largest absolute Gasteiger partial charge is 0.466 e. The molecule has 0 heterocycles. The zero-order valence-corrected chi connectivity index (χ0v) is 8.74. The molecule has 0 amide bonds. The molecule has 0 saturated carbocycles. The van der Waals surface area contributed by atoms with E-state index in [0.29, 0.717) is 5.56 Å². The standard InChI is InChI=1S/C12H13FO2/c1-9(13)11-6-3-10(4-7-11)5-8-12(14)15-2/h3-9H,1-2H3/b8-5+. The van der Waals surface area contributed by atoms with Crippen molar-refractivity contribution in [2.45, 2.75) is 13.1 Å². The summed E-state index contributed by atoms with van der Waals surface area (Å²) in [6.07, 6.45) is 1.98. The molecule has 1 unspecified atom stereocenters. The first kappa shape index (κ1) is 11.4. The molecule has 2 nitrogen and oxygen atoms in total. The Kier molecular flexibility index (Phi) is 4.03. The second-order valence-electron chi connectivity index (χ2n) is 3.14. The maximum atomic E-state index is 12.8. The third-order valence-corrected chi connectivity index (χ3v) is 2.01. The Morgan fingerprint density at radius 2 is 2.00 bits per heavy atom. The van der Waals surface area contributed by atoms with Crippen LogP contribution in [0.25, 0.3) is 6.08 Å². The molecule has 1 aromatic carbocycles. The number of methoxy groups -OCH3 is 1. The zero-order valence-electron chi connectivity index (χ0n) is 8.74. The fourth-order valence-electron chi connectivity index (χ4n) is 1.10. The van der Waals surface area contributed by atoms with Crippen molar-refractivity contribution in [1.29, 1.82) is 0 Å². The van der Waals surface area contributed by atoms with Crippen molar-refractivity contribution in [1.82, 2.24) is 0 Å². The minimum atomic E-state index is -0.969. The second-order valence-corrected chi connectivity index (χ2v) is 3.14. The first-order valence-electron chi connectivity index (χ1n) is 4.63. The fourth-order valence-corrected chi connectivity index (χ4v) is 1.10. The highest BCUT2D eigenvalue weighted by molar-refractivity contribution is 5.86. The van der Waals surface area contributed by atoms with Gasteiger partial charge in [0.2, 0.25) is 0 Å². The summed E-state index contributed by atoms with van der Waals surface area (Å²) in [6.45, 7) is 1.49. The normalized spacial score (nSPS) is 12.7. The van der Waals surface area contributed by atoms with Gasteiger partial charge in [-0.2, -0.15) is 0 Å². The molecule has 0 aliphatic heterocycles. The molecule has 0 N–H and O–H groups in total. The molecule has 1 rings (SSSR count). The van der Waals surface area contributed by atoms with Crippen molar-refractivity contribution < 1.29 is 13.9 Å². The molecular formula is C12H13FO2. The Hall–Kier alpha value is -1.64. The Bertz CT molecular complexity index is 352. The summed E-state index contributed by atoms with van der Waals surface area (Å²) in [5.41, 5.74) is 1.47. The molecule has 0 radical (unpaired) electrons. The molecule has 80 valence electrons. The van der Waals surface area contributed by atoms with E-state index in [-0.39, 0.29) is 0 Å². The van der Waals surface area contributed by atoms with Crippen LogP contribution in [0.2, 0.25) is 0 Å². The fraction of sp³-hybridized carbons (Fsp3) is 0.250. The van der Waals surface area contributed by atoms with Crippen LogP contribution in [0.4, 0.5) is 4.39 Å². The lowest BCUT2D eigenvalue weighted by molar-refractivity contribution is -0.134. The molecular weight excluding hydrogens is 195 g/mol. The van der Waals surface area contributed by atoms with Gasteiger partial charge in [-0.1, -0.05) is 24.3 Å². The Balaban J connectivity index is 2.72. The minimum Gasteiger partial charge on any atom is -0.466 e. The summed E-state index contributed by atoms with van der Waals surface area (Å²) < 4.78 is 17.3. The average molecular weight is 208 g/mol. The number of carbonyl (C=O) groups is 1. The summed E-state index contributed by atoms with van der Waals surface area (Å²) in [5.74, 6) is -0.405. The van der Waals surface area contributed by atoms with Gasteiger partial charge in [0.1, 0.15) is 6.17 Å². The maximum Gasteiger partial charge on any atom is 0.330 e. The van der Waals surface area contributed by atoms with E-state index in [4.69, 9.17) is 0 Å². The number of alkyl halides is 1. The number of benzene rings is 1. The quantitative estimate of drug-likeness (QED) is 0.564. The van der Waals surface area contributed by atoms with Crippen LogP contribution >= 0.6 is 0 Å². The third-order valence-electron chi connectivity index (χ3n) is 2.01. The number of esters is 1. The van der Waals surface area contributed by atoms with Crippen molar-refractivity contribution in [2.24, 2.45) is 0 Å². The highest BCUT2D eigenvalue weighted by atomic mass is 19.1. The molecule has 0 aromatic heterocycles. The van der Waals surface area contributed by atoms with E-state index < -0.39 is 12.1 Å². The van der Waals surface area contributed by atoms with Gasteiger partial charge in [-0.3, -0.25) is 0 Å². The summed E-state index contributed by atoms with van der Waals surface area (Å²) >= 11 is 0. The van der Waals surface area contributed by atoms with Crippen molar-refractivity contribution in [3.8, 4) is 0 Å². The molecule has 1 atom stereocenters. The first-order chi connectivity index (χ1) is 7.13. The summed E-state index contributed by atoms with van der Waals surface area (Å²) in [7, 11) is 1.32. The van der Waals surface area contributed by atoms with Crippen LogP contribution in [0.15, 0.2) is 30.3 Å². The van der Waals surface area contributed by atoms with Crippen LogP contribution in [-0.2, 0) is 9.53 Å². The molecule has 0 aliphatic rings. The van der Waals surface area contributed by atoms with Gasteiger partial charge < -0.3 is 4.74 Å². The van der Waals surface area contributed by atoms with Gasteiger partial charge in [-0.05, 0) is 24.1 Å². The SMILES string of the molecule is COC(=O)/C=C/c1ccc(C(C)F)cc1. The smallest absolute Gasteiger partial charge is 0.330 e. The summed E-state index contributed by atoms with van der Waals surface area (Å²) in [5, 5.41) is 0. The summed E-state index contributed by atoms with van der Waals surface area (Å²) in [6, 6.07) is 6.90. The molecule has 0 fully saturated rings. The van der Waals surface area contributed by atoms with Crippen LogP contribution in [0.3, 0.4) is 0 Å². The molecule has 15 heavy (non-hydrogen) atoms. The van der Waals surface area contributed by atoms with Crippen LogP contribution in [0.1, 0.15) is 24.2 Å². The molecule has 3 heteroatoms. The molecule has 0 aliphatic carbocycles. The van der Waals surface area contributed by atoms with Crippen molar-refractivity contribution in [2.75, 3.05) is 7.11 Å². The number of ether oxygens (including phenoxy) is 1. The van der Waals surface area contributed by atoms with E-state index in [9.17, 15) is 9.18 Å². The van der Waals surface area contributed by atoms with Gasteiger partial charge in [0.15, 0.2) is 0 Å². The van der Waals surface area contributed by atoms with Crippen LogP contribution < -0.4 is 0 Å². The van der Waals surface area contributed by atoms with Crippen molar-refractivity contribution in [3.05, 3.63) is 41.5 Å². The van der Waals surface area contributed by atoms with E-state index in [1.54, 1.807) is 30.3 Å². The lowest BCUT2D eigenvalue weighted by Crippen LogP contribution is -1.93. The van der Waals surface area contributed by atoms with Gasteiger partial charge in [-0.25, -0.2) is 9.18 Å². The molecule has 0 bridgehead atoms. The van der Waals surface area contributed by atoms with E-state index in [1.165, 1.54) is 20.1 Å². The minimum absolute atomic E-state index is 0.405. The maximum absolute atomic E-state index is 12.8. The lowest BCUT2D eigenvalue weighted by atomic mass is 10.1. The van der Waals surface area contributed by atoms with E-state index in [1.807, 2.05) is 0 Å². The molecule has 0 saturated heterocycles. The molecule has 0 spiro atoms. The number of halogens is 1. The Morgan fingerprint density at radius 3 is 2.47 bits per heavy atom. The Labute approximate surface area is 88.4 Å². The van der Waals surface area contributed by atoms with Gasteiger partial charge in [0, 0.05) is 6.08 Å². The van der Waals surface area contributed by atoms with Crippen molar-refractivity contribution >= 4 is 12.0 Å². The zero-order chi connectivity index (χ0) is 11.3. The van der Waals surface area contributed by atoms with Crippen LogP contribution in [0.5, 0.6) is 0 Å². The number of carbonyl (C=O) groups excluding carboxylic acids is 1. The van der Waals surface area contributed by atoms with Gasteiger partial charge in [0.25, 0.3) is 0 Å². The van der Waals surface area contributed by atoms with Crippen molar-refractivity contribution in [3.63, 3.8) is 0 Å². The highest BCUT2D eigenvalue weighted by Gasteiger charge is 2.00. The molecule has 1 aromatic rings. The van der Waals surface area contributed by atoms with Gasteiger partial charge in [0.05, 0.1) is 7.11 Å². The lowest BCUT2D eigenvalue weighted by Gasteiger charge is -2.01. The first-order valence-corrected chi connectivity index (χ1v) is 4.63. The summed E-state index contributed by atoms with van der Waals surface area (Å²) in [4.78, 5) is 10.8. The highest BCUT2D eigenvalue weighted by Crippen LogP contribution is 2.16. The number of hydrogen-bond donors (Lipinski definition) is 0. The van der Waals surface area contributed by atoms with Gasteiger partial charge >= 0.3 is 5.97 Å². The third kappa shape index (κ3) is 3.54. The second kappa shape index (κ2) is 5.29. The van der Waals surface area contributed by atoms with Gasteiger partial charge in [-0.15, -0.1) is 0 Å². The van der Waals surface area contributed by atoms with E-state index in [0.717, 1.165) is 5.56 Å². The van der Waals surface area contributed by atoms with E-state index in [2.05, 4.69) is 4.74 Å².